The molecule has 0 aromatic heterocycles. The van der Waals surface area contributed by atoms with E-state index in [0.29, 0.717) is 15.7 Å². The number of carbonyl (C=O) groups is 1. The summed E-state index contributed by atoms with van der Waals surface area (Å²) >= 11 is 11.7. The van der Waals surface area contributed by atoms with E-state index >= 15 is 0 Å². The molecule has 0 aliphatic carbocycles. The summed E-state index contributed by atoms with van der Waals surface area (Å²) in [6.07, 6.45) is 3.09. The third-order valence-corrected chi connectivity index (χ3v) is 3.19. The molecular formula is C12H14Cl2N2O. The molecule has 5 heteroatoms. The topological polar surface area (TPSA) is 41.1 Å². The minimum absolute atomic E-state index is 0.0250. The van der Waals surface area contributed by atoms with Gasteiger partial charge < -0.3 is 10.6 Å². The molecule has 92 valence electrons. The van der Waals surface area contributed by atoms with E-state index in [1.165, 1.54) is 0 Å². The van der Waals surface area contributed by atoms with Gasteiger partial charge in [0.2, 0.25) is 5.91 Å². The monoisotopic (exact) mass is 272 g/mol. The fraction of sp³-hybridized carbons (Fsp3) is 0.417. The number of hydrogen-bond acceptors (Lipinski definition) is 2. The van der Waals surface area contributed by atoms with E-state index in [1.807, 2.05) is 0 Å². The van der Waals surface area contributed by atoms with E-state index in [4.69, 9.17) is 23.2 Å². The molecule has 0 unspecified atom stereocenters. The van der Waals surface area contributed by atoms with Crippen LogP contribution < -0.4 is 10.6 Å². The summed E-state index contributed by atoms with van der Waals surface area (Å²) in [5.74, 6) is -0.0250. The van der Waals surface area contributed by atoms with Crippen molar-refractivity contribution in [1.82, 2.24) is 5.32 Å². The molecular weight excluding hydrogens is 259 g/mol. The second-order valence-corrected chi connectivity index (χ2v) is 5.02. The summed E-state index contributed by atoms with van der Waals surface area (Å²) in [5, 5.41) is 7.05. The van der Waals surface area contributed by atoms with Gasteiger partial charge in [0.25, 0.3) is 0 Å². The van der Waals surface area contributed by atoms with E-state index in [1.54, 1.807) is 18.2 Å². The molecule has 17 heavy (non-hydrogen) atoms. The quantitative estimate of drug-likeness (QED) is 0.869. The lowest BCUT2D eigenvalue weighted by Gasteiger charge is -2.22. The van der Waals surface area contributed by atoms with Gasteiger partial charge in [-0.25, -0.2) is 0 Å². The second-order valence-electron chi connectivity index (χ2n) is 4.15. The smallest absolute Gasteiger partial charge is 0.241 e. The maximum absolute atomic E-state index is 11.9. The summed E-state index contributed by atoms with van der Waals surface area (Å²) < 4.78 is 0. The summed E-state index contributed by atoms with van der Waals surface area (Å²) in [5.41, 5.74) is 0.639. The Balaban J connectivity index is 2.01. The fourth-order valence-electron chi connectivity index (χ4n) is 1.93. The zero-order chi connectivity index (χ0) is 12.3. The van der Waals surface area contributed by atoms with Gasteiger partial charge in [-0.05, 0) is 37.6 Å². The zero-order valence-electron chi connectivity index (χ0n) is 9.30. The van der Waals surface area contributed by atoms with Crippen LogP contribution in [-0.2, 0) is 4.79 Å². The van der Waals surface area contributed by atoms with Crippen molar-refractivity contribution in [2.75, 3.05) is 11.9 Å². The number of amides is 1. The number of benzene rings is 1. The zero-order valence-corrected chi connectivity index (χ0v) is 10.8. The highest BCUT2D eigenvalue weighted by atomic mass is 35.5. The number of piperidine rings is 1. The van der Waals surface area contributed by atoms with E-state index in [9.17, 15) is 4.79 Å². The predicted molar refractivity (Wildman–Crippen MR) is 70.7 cm³/mol. The number of hydrogen-bond donors (Lipinski definition) is 2. The number of carbonyl (C=O) groups excluding carboxylic acids is 1. The minimum Gasteiger partial charge on any atom is -0.325 e. The van der Waals surface area contributed by atoms with Crippen LogP contribution in [0.5, 0.6) is 0 Å². The van der Waals surface area contributed by atoms with Crippen molar-refractivity contribution < 1.29 is 4.79 Å². The average molecular weight is 273 g/mol. The summed E-state index contributed by atoms with van der Waals surface area (Å²) in [6.45, 7) is 0.897. The second kappa shape index (κ2) is 5.71. The molecule has 3 nitrogen and oxygen atoms in total. The molecule has 1 fully saturated rings. The maximum Gasteiger partial charge on any atom is 0.241 e. The third kappa shape index (κ3) is 3.60. The van der Waals surface area contributed by atoms with Crippen molar-refractivity contribution in [1.29, 1.82) is 0 Å². The molecule has 1 heterocycles. The molecule has 1 atom stereocenters. The Morgan fingerprint density at radius 2 is 1.94 bits per heavy atom. The van der Waals surface area contributed by atoms with Gasteiger partial charge >= 0.3 is 0 Å². The molecule has 0 radical (unpaired) electrons. The molecule has 2 rings (SSSR count). The van der Waals surface area contributed by atoms with Crippen LogP contribution >= 0.6 is 23.2 Å². The van der Waals surface area contributed by atoms with E-state index in [-0.39, 0.29) is 11.9 Å². The lowest BCUT2D eigenvalue weighted by atomic mass is 10.0. The van der Waals surface area contributed by atoms with Crippen LogP contribution in [0.1, 0.15) is 19.3 Å². The van der Waals surface area contributed by atoms with Crippen LogP contribution in [0.4, 0.5) is 5.69 Å². The van der Waals surface area contributed by atoms with Crippen molar-refractivity contribution in [2.24, 2.45) is 0 Å². The first-order valence-electron chi connectivity index (χ1n) is 5.65. The van der Waals surface area contributed by atoms with Gasteiger partial charge in [-0.1, -0.05) is 29.6 Å². The highest BCUT2D eigenvalue weighted by Crippen LogP contribution is 2.22. The van der Waals surface area contributed by atoms with Crippen LogP contribution in [0.15, 0.2) is 18.2 Å². The molecule has 0 spiro atoms. The standard InChI is InChI=1S/C12H14Cl2N2O/c13-8-5-9(14)7-10(6-8)16-12(17)11-3-1-2-4-15-11/h5-7,11,15H,1-4H2,(H,16,17)/t11-/m0/s1. The molecule has 2 N–H and O–H groups in total. The van der Waals surface area contributed by atoms with Gasteiger partial charge in [-0.2, -0.15) is 0 Å². The Kier molecular flexibility index (Phi) is 4.26. The first-order valence-corrected chi connectivity index (χ1v) is 6.41. The van der Waals surface area contributed by atoms with E-state index < -0.39 is 0 Å². The van der Waals surface area contributed by atoms with Gasteiger partial charge in [0, 0.05) is 15.7 Å². The van der Waals surface area contributed by atoms with Crippen LogP contribution in [-0.4, -0.2) is 18.5 Å². The highest BCUT2D eigenvalue weighted by molar-refractivity contribution is 6.35. The van der Waals surface area contributed by atoms with Crippen LogP contribution in [0, 0.1) is 0 Å². The van der Waals surface area contributed by atoms with Crippen molar-refractivity contribution in [2.45, 2.75) is 25.3 Å². The third-order valence-electron chi connectivity index (χ3n) is 2.76. The van der Waals surface area contributed by atoms with Crippen LogP contribution in [0.3, 0.4) is 0 Å². The average Bonchev–Trinajstić information content (AvgIpc) is 2.28. The molecule has 1 aliphatic rings. The predicted octanol–water partition coefficient (Wildman–Crippen LogP) is 3.07. The van der Waals surface area contributed by atoms with Gasteiger partial charge in [0.15, 0.2) is 0 Å². The minimum atomic E-state index is -0.110. The Bertz CT molecular complexity index is 397. The fourth-order valence-corrected chi connectivity index (χ4v) is 2.46. The molecule has 0 saturated carbocycles. The summed E-state index contributed by atoms with van der Waals surface area (Å²) in [6, 6.07) is 4.90. The highest BCUT2D eigenvalue weighted by Gasteiger charge is 2.20. The Morgan fingerprint density at radius 1 is 1.24 bits per heavy atom. The van der Waals surface area contributed by atoms with Crippen molar-refractivity contribution in [3.8, 4) is 0 Å². The number of anilines is 1. The Morgan fingerprint density at radius 3 is 2.53 bits per heavy atom. The summed E-state index contributed by atoms with van der Waals surface area (Å²) in [4.78, 5) is 11.9. The number of halogens is 2. The molecule has 1 aliphatic heterocycles. The van der Waals surface area contributed by atoms with Gasteiger partial charge in [-0.3, -0.25) is 4.79 Å². The molecule has 1 aromatic rings. The maximum atomic E-state index is 11.9. The Labute approximate surface area is 110 Å². The molecule has 1 aromatic carbocycles. The molecule has 1 saturated heterocycles. The van der Waals surface area contributed by atoms with Crippen molar-refractivity contribution >= 4 is 34.8 Å². The van der Waals surface area contributed by atoms with Crippen molar-refractivity contribution in [3.63, 3.8) is 0 Å². The van der Waals surface area contributed by atoms with E-state index in [0.717, 1.165) is 25.8 Å². The molecule has 0 bridgehead atoms. The molecule has 1 amide bonds. The van der Waals surface area contributed by atoms with Crippen LogP contribution in [0.25, 0.3) is 0 Å². The normalized spacial score (nSPS) is 20.0. The summed E-state index contributed by atoms with van der Waals surface area (Å²) in [7, 11) is 0. The first-order chi connectivity index (χ1) is 8.15. The van der Waals surface area contributed by atoms with Crippen LogP contribution in [0.2, 0.25) is 10.0 Å². The first kappa shape index (κ1) is 12.7. The lowest BCUT2D eigenvalue weighted by molar-refractivity contribution is -0.118. The van der Waals surface area contributed by atoms with Crippen molar-refractivity contribution in [3.05, 3.63) is 28.2 Å². The van der Waals surface area contributed by atoms with E-state index in [2.05, 4.69) is 10.6 Å². The number of nitrogens with one attached hydrogen (secondary N) is 2. The van der Waals surface area contributed by atoms with Gasteiger partial charge in [0.1, 0.15) is 0 Å². The SMILES string of the molecule is O=C(Nc1cc(Cl)cc(Cl)c1)[C@@H]1CCCCN1. The lowest BCUT2D eigenvalue weighted by Crippen LogP contribution is -2.43. The largest absolute Gasteiger partial charge is 0.325 e. The number of rotatable bonds is 2. The Hall–Kier alpha value is -0.770. The van der Waals surface area contributed by atoms with Gasteiger partial charge in [0.05, 0.1) is 6.04 Å². The van der Waals surface area contributed by atoms with Gasteiger partial charge in [-0.15, -0.1) is 0 Å².